The number of nitrogens with zero attached hydrogens (tertiary/aromatic N) is 1. The molecule has 3 aliphatic rings. The number of thioether (sulfide) groups is 1. The van der Waals surface area contributed by atoms with Crippen molar-refractivity contribution in [3.63, 3.8) is 0 Å². The maximum absolute atomic E-state index is 13.4. The number of aliphatic hydroxyl groups is 1. The number of alkyl halides is 3. The van der Waals surface area contributed by atoms with E-state index < -0.39 is 29.8 Å². The van der Waals surface area contributed by atoms with Gasteiger partial charge in [0.25, 0.3) is 0 Å². The number of amides is 1. The molecule has 2 heterocycles. The van der Waals surface area contributed by atoms with Crippen LogP contribution in [0.1, 0.15) is 59.3 Å². The molecule has 186 valence electrons. The van der Waals surface area contributed by atoms with Crippen molar-refractivity contribution in [1.82, 2.24) is 26.4 Å². The second-order valence-corrected chi connectivity index (χ2v) is 11.7. The lowest BCUT2D eigenvalue weighted by molar-refractivity contribution is -0.175. The summed E-state index contributed by atoms with van der Waals surface area (Å²) in [7, 11) is 2.05. The summed E-state index contributed by atoms with van der Waals surface area (Å²) in [5.74, 6) is -0.562. The van der Waals surface area contributed by atoms with Crippen LogP contribution in [0.25, 0.3) is 0 Å². The number of carbonyl (C=O) groups is 1. The zero-order chi connectivity index (χ0) is 23.7. The molecule has 3 fully saturated rings. The van der Waals surface area contributed by atoms with Crippen LogP contribution in [0, 0.1) is 11.8 Å². The van der Waals surface area contributed by atoms with Gasteiger partial charge in [0.2, 0.25) is 5.91 Å². The van der Waals surface area contributed by atoms with Gasteiger partial charge in [-0.1, -0.05) is 13.3 Å². The highest BCUT2D eigenvalue weighted by Crippen LogP contribution is 2.37. The number of hydrazine groups is 1. The van der Waals surface area contributed by atoms with Gasteiger partial charge in [-0.05, 0) is 64.8 Å². The summed E-state index contributed by atoms with van der Waals surface area (Å²) in [6, 6.07) is -2.78. The average molecular weight is 482 g/mol. The average Bonchev–Trinajstić information content (AvgIpc) is 3.11. The summed E-state index contributed by atoms with van der Waals surface area (Å²) in [6.07, 6.45) is -0.750. The third kappa shape index (κ3) is 6.73. The molecule has 11 heteroatoms. The molecule has 0 aromatic carbocycles. The molecule has 2 saturated heterocycles. The quantitative estimate of drug-likeness (QED) is 0.397. The van der Waals surface area contributed by atoms with E-state index >= 15 is 0 Å². The zero-order valence-corrected chi connectivity index (χ0v) is 20.2. The van der Waals surface area contributed by atoms with E-state index in [0.717, 1.165) is 32.4 Å². The van der Waals surface area contributed by atoms with Crippen molar-refractivity contribution in [2.45, 2.75) is 99.9 Å². The molecule has 7 nitrogen and oxygen atoms in total. The van der Waals surface area contributed by atoms with Gasteiger partial charge in [0.1, 0.15) is 11.5 Å². The Morgan fingerprint density at radius 1 is 1.22 bits per heavy atom. The highest BCUT2D eigenvalue weighted by Gasteiger charge is 2.49. The van der Waals surface area contributed by atoms with Gasteiger partial charge >= 0.3 is 6.18 Å². The van der Waals surface area contributed by atoms with Crippen molar-refractivity contribution in [3.8, 4) is 0 Å². The molecule has 0 radical (unpaired) electrons. The smallest absolute Gasteiger partial charge is 0.390 e. The van der Waals surface area contributed by atoms with Gasteiger partial charge in [0.05, 0.1) is 18.3 Å². The Balaban J connectivity index is 1.57. The maximum Gasteiger partial charge on any atom is 0.403 e. The second kappa shape index (κ2) is 10.4. The fourth-order valence-corrected chi connectivity index (χ4v) is 6.33. The fourth-order valence-electron chi connectivity index (χ4n) is 5.02. The number of halogens is 3. The minimum Gasteiger partial charge on any atom is -0.390 e. The summed E-state index contributed by atoms with van der Waals surface area (Å²) in [6.45, 7) is 6.02. The molecular weight excluding hydrogens is 443 g/mol. The molecule has 3 rings (SSSR count). The van der Waals surface area contributed by atoms with Crippen LogP contribution in [-0.2, 0) is 4.79 Å². The van der Waals surface area contributed by atoms with Gasteiger partial charge in [0, 0.05) is 11.3 Å². The molecule has 2 aliphatic heterocycles. The first-order valence-electron chi connectivity index (χ1n) is 11.5. The number of rotatable bonds is 6. The van der Waals surface area contributed by atoms with E-state index in [1.165, 1.54) is 13.8 Å². The lowest BCUT2D eigenvalue weighted by atomic mass is 9.77. The van der Waals surface area contributed by atoms with Gasteiger partial charge in [-0.3, -0.25) is 15.0 Å². The Kier molecular flexibility index (Phi) is 8.42. The van der Waals surface area contributed by atoms with Crippen LogP contribution in [0.5, 0.6) is 0 Å². The van der Waals surface area contributed by atoms with E-state index in [1.807, 2.05) is 18.8 Å². The SMILES string of the molecule is C[C@H](SC1NNCN1C)C1CCCC(NC(=O)C2CC(C(C)(C)O)CC(C(F)(F)F)N2)C1. The molecule has 0 aromatic heterocycles. The normalized spacial score (nSPS) is 36.1. The van der Waals surface area contributed by atoms with Gasteiger partial charge in [-0.25, -0.2) is 10.9 Å². The fraction of sp³-hybridized carbons (Fsp3) is 0.952. The van der Waals surface area contributed by atoms with E-state index in [0.29, 0.717) is 11.2 Å². The highest BCUT2D eigenvalue weighted by atomic mass is 32.2. The standard InChI is InChI=1S/C21H38F3N5O2S/c1-12(32-19-28-25-11-29(19)4)13-6-5-7-15(8-13)26-18(30)16-9-14(20(2,3)31)10-17(27-16)21(22,23)24/h12-17,19,25,27-28,31H,5-11H2,1-4H3,(H,26,30)/t12-,13?,14?,15?,16?,17?,19?/m0/s1. The Bertz CT molecular complexity index is 626. The van der Waals surface area contributed by atoms with Crippen LogP contribution >= 0.6 is 11.8 Å². The van der Waals surface area contributed by atoms with Crippen molar-refractivity contribution >= 4 is 17.7 Å². The summed E-state index contributed by atoms with van der Waals surface area (Å²) in [5, 5.41) is 16.2. The van der Waals surface area contributed by atoms with Crippen molar-refractivity contribution < 1.29 is 23.1 Å². The number of hydrogen-bond donors (Lipinski definition) is 5. The van der Waals surface area contributed by atoms with Gasteiger partial charge in [-0.2, -0.15) is 13.2 Å². The lowest BCUT2D eigenvalue weighted by Gasteiger charge is -2.42. The van der Waals surface area contributed by atoms with Crippen molar-refractivity contribution in [1.29, 1.82) is 0 Å². The molecule has 0 spiro atoms. The van der Waals surface area contributed by atoms with Crippen molar-refractivity contribution in [3.05, 3.63) is 0 Å². The minimum atomic E-state index is -4.46. The summed E-state index contributed by atoms with van der Waals surface area (Å²) in [5.41, 5.74) is 5.29. The predicted octanol–water partition coefficient (Wildman–Crippen LogP) is 2.13. The third-order valence-corrected chi connectivity index (χ3v) is 8.73. The Labute approximate surface area is 193 Å². The molecule has 7 atom stereocenters. The van der Waals surface area contributed by atoms with Gasteiger partial charge in [0.15, 0.2) is 0 Å². The molecule has 0 bridgehead atoms. The Morgan fingerprint density at radius 2 is 1.94 bits per heavy atom. The summed E-state index contributed by atoms with van der Waals surface area (Å²) < 4.78 is 40.3. The molecule has 1 saturated carbocycles. The number of hydrogen-bond acceptors (Lipinski definition) is 7. The summed E-state index contributed by atoms with van der Waals surface area (Å²) >= 11 is 1.85. The van der Waals surface area contributed by atoms with Crippen molar-refractivity contribution in [2.75, 3.05) is 13.7 Å². The van der Waals surface area contributed by atoms with E-state index in [2.05, 4.69) is 33.3 Å². The van der Waals surface area contributed by atoms with Crippen LogP contribution in [-0.4, -0.2) is 70.3 Å². The molecule has 6 unspecified atom stereocenters. The third-order valence-electron chi connectivity index (χ3n) is 7.18. The Hall–Kier alpha value is -0.590. The van der Waals surface area contributed by atoms with Crippen molar-refractivity contribution in [2.24, 2.45) is 11.8 Å². The van der Waals surface area contributed by atoms with Crippen LogP contribution in [0.15, 0.2) is 0 Å². The Morgan fingerprint density at radius 3 is 2.53 bits per heavy atom. The van der Waals surface area contributed by atoms with E-state index in [9.17, 15) is 23.1 Å². The van der Waals surface area contributed by atoms with Crippen LogP contribution in [0.4, 0.5) is 13.2 Å². The van der Waals surface area contributed by atoms with E-state index in [-0.39, 0.29) is 30.3 Å². The second-order valence-electron chi connectivity index (χ2n) is 10.2. The van der Waals surface area contributed by atoms with Crippen LogP contribution in [0.3, 0.4) is 0 Å². The number of piperidine rings is 1. The first-order valence-corrected chi connectivity index (χ1v) is 12.5. The lowest BCUT2D eigenvalue weighted by Crippen LogP contribution is -2.61. The first kappa shape index (κ1) is 26.0. The van der Waals surface area contributed by atoms with Gasteiger partial charge in [-0.15, -0.1) is 11.8 Å². The molecule has 1 amide bonds. The monoisotopic (exact) mass is 481 g/mol. The minimum absolute atomic E-state index is 0.0367. The van der Waals surface area contributed by atoms with Gasteiger partial charge < -0.3 is 10.4 Å². The number of nitrogens with one attached hydrogen (secondary N) is 4. The largest absolute Gasteiger partial charge is 0.403 e. The van der Waals surface area contributed by atoms with E-state index in [1.54, 1.807) is 0 Å². The maximum atomic E-state index is 13.4. The summed E-state index contributed by atoms with van der Waals surface area (Å²) in [4.78, 5) is 15.1. The molecule has 1 aliphatic carbocycles. The number of carbonyl (C=O) groups excluding carboxylic acids is 1. The molecular formula is C21H38F3N5O2S. The first-order chi connectivity index (χ1) is 14.8. The predicted molar refractivity (Wildman–Crippen MR) is 119 cm³/mol. The van der Waals surface area contributed by atoms with Crippen LogP contribution < -0.4 is 21.5 Å². The topological polar surface area (TPSA) is 88.7 Å². The molecule has 5 N–H and O–H groups in total. The van der Waals surface area contributed by atoms with E-state index in [4.69, 9.17) is 0 Å². The highest BCUT2D eigenvalue weighted by molar-refractivity contribution is 8.00. The zero-order valence-electron chi connectivity index (χ0n) is 19.3. The molecule has 0 aromatic rings. The van der Waals surface area contributed by atoms with Crippen LogP contribution in [0.2, 0.25) is 0 Å². The molecule has 32 heavy (non-hydrogen) atoms.